The number of hydrogen-bond acceptors (Lipinski definition) is 4. The van der Waals surface area contributed by atoms with Gasteiger partial charge in [-0.3, -0.25) is 10.1 Å². The monoisotopic (exact) mass is 326 g/mol. The van der Waals surface area contributed by atoms with E-state index in [9.17, 15) is 9.59 Å². The second-order valence-corrected chi connectivity index (χ2v) is 5.52. The van der Waals surface area contributed by atoms with Crippen molar-refractivity contribution in [2.75, 3.05) is 23.8 Å². The fraction of sp³-hybridized carbons (Fsp3) is 0.222. The zero-order valence-corrected chi connectivity index (χ0v) is 13.0. The van der Waals surface area contributed by atoms with Gasteiger partial charge in [-0.1, -0.05) is 24.3 Å². The molecule has 0 bridgehead atoms. The Balaban J connectivity index is 1.60. The van der Waals surface area contributed by atoms with Crippen molar-refractivity contribution in [1.29, 1.82) is 0 Å². The zero-order valence-electron chi connectivity index (χ0n) is 13.0. The third kappa shape index (κ3) is 4.82. The maximum absolute atomic E-state index is 11.7. The molecular formula is C18H18N2O4. The van der Waals surface area contributed by atoms with Crippen LogP contribution in [-0.2, 0) is 20.7 Å². The SMILES string of the molecule is O=CNc1cccc(Cc2cccc(NC(=O)OCC3CO3)c2)c1. The molecule has 6 heteroatoms. The van der Waals surface area contributed by atoms with E-state index in [2.05, 4.69) is 10.6 Å². The Bertz CT molecular complexity index is 728. The van der Waals surface area contributed by atoms with Crippen LogP contribution in [0, 0.1) is 0 Å². The number of carbonyl (C=O) groups is 2. The molecule has 0 radical (unpaired) electrons. The van der Waals surface area contributed by atoms with Crippen molar-refractivity contribution in [3.05, 3.63) is 59.7 Å². The van der Waals surface area contributed by atoms with Gasteiger partial charge >= 0.3 is 6.09 Å². The van der Waals surface area contributed by atoms with Gasteiger partial charge in [-0.25, -0.2) is 4.79 Å². The van der Waals surface area contributed by atoms with Crippen molar-refractivity contribution in [2.45, 2.75) is 12.5 Å². The average Bonchev–Trinajstić information content (AvgIpc) is 3.38. The molecule has 6 nitrogen and oxygen atoms in total. The van der Waals surface area contributed by atoms with Crippen LogP contribution in [0.25, 0.3) is 0 Å². The summed E-state index contributed by atoms with van der Waals surface area (Å²) in [6, 6.07) is 15.2. The number of amides is 2. The highest BCUT2D eigenvalue weighted by atomic mass is 16.6. The Morgan fingerprint density at radius 3 is 2.50 bits per heavy atom. The highest BCUT2D eigenvalue weighted by molar-refractivity contribution is 5.84. The van der Waals surface area contributed by atoms with E-state index in [-0.39, 0.29) is 12.7 Å². The molecule has 1 unspecified atom stereocenters. The zero-order chi connectivity index (χ0) is 16.8. The van der Waals surface area contributed by atoms with Gasteiger partial charge in [-0.2, -0.15) is 0 Å². The molecule has 2 N–H and O–H groups in total. The summed E-state index contributed by atoms with van der Waals surface area (Å²) in [6.45, 7) is 0.933. The minimum absolute atomic E-state index is 0.0503. The maximum atomic E-state index is 11.7. The van der Waals surface area contributed by atoms with Gasteiger partial charge in [0.25, 0.3) is 0 Å². The molecular weight excluding hydrogens is 308 g/mol. The smallest absolute Gasteiger partial charge is 0.411 e. The van der Waals surface area contributed by atoms with E-state index in [1.165, 1.54) is 0 Å². The molecule has 1 atom stereocenters. The molecule has 1 aliphatic heterocycles. The van der Waals surface area contributed by atoms with Crippen LogP contribution in [0.1, 0.15) is 11.1 Å². The van der Waals surface area contributed by atoms with E-state index < -0.39 is 6.09 Å². The van der Waals surface area contributed by atoms with Gasteiger partial charge < -0.3 is 14.8 Å². The van der Waals surface area contributed by atoms with Gasteiger partial charge in [0, 0.05) is 11.4 Å². The minimum Gasteiger partial charge on any atom is -0.446 e. The first-order chi connectivity index (χ1) is 11.7. The van der Waals surface area contributed by atoms with Gasteiger partial charge in [-0.05, 0) is 41.8 Å². The second kappa shape index (κ2) is 7.61. The Kier molecular flexibility index (Phi) is 5.08. The molecule has 3 rings (SSSR count). The van der Waals surface area contributed by atoms with Gasteiger partial charge in [0.05, 0.1) is 6.61 Å². The number of anilines is 2. The maximum Gasteiger partial charge on any atom is 0.411 e. The molecule has 2 aromatic rings. The molecule has 1 heterocycles. The van der Waals surface area contributed by atoms with Crippen LogP contribution in [0.15, 0.2) is 48.5 Å². The van der Waals surface area contributed by atoms with Crippen LogP contribution in [-0.4, -0.2) is 31.8 Å². The number of epoxide rings is 1. The molecule has 0 aliphatic carbocycles. The summed E-state index contributed by atoms with van der Waals surface area (Å²) in [5.74, 6) is 0. The van der Waals surface area contributed by atoms with E-state index in [1.54, 1.807) is 0 Å². The van der Waals surface area contributed by atoms with Gasteiger partial charge in [-0.15, -0.1) is 0 Å². The standard InChI is InChI=1S/C18H18N2O4/c21-12-19-15-5-1-3-13(8-15)7-14-4-2-6-16(9-14)20-18(22)24-11-17-10-23-17/h1-6,8-9,12,17H,7,10-11H2,(H,19,21)(H,20,22). The lowest BCUT2D eigenvalue weighted by atomic mass is 10.0. The van der Waals surface area contributed by atoms with E-state index >= 15 is 0 Å². The number of rotatable bonds is 7. The van der Waals surface area contributed by atoms with Crippen LogP contribution >= 0.6 is 0 Å². The lowest BCUT2D eigenvalue weighted by molar-refractivity contribution is -0.105. The fourth-order valence-electron chi connectivity index (χ4n) is 2.32. The molecule has 0 aromatic heterocycles. The van der Waals surface area contributed by atoms with Crippen LogP contribution in [0.2, 0.25) is 0 Å². The first-order valence-electron chi connectivity index (χ1n) is 7.66. The van der Waals surface area contributed by atoms with E-state index in [0.29, 0.717) is 25.1 Å². The topological polar surface area (TPSA) is 80.0 Å². The number of carbonyl (C=O) groups excluding carboxylic acids is 2. The lowest BCUT2D eigenvalue weighted by Crippen LogP contribution is -2.16. The number of hydrogen-bond donors (Lipinski definition) is 2. The molecule has 124 valence electrons. The van der Waals surface area contributed by atoms with Crippen LogP contribution in [0.3, 0.4) is 0 Å². The quantitative estimate of drug-likeness (QED) is 0.606. The third-order valence-corrected chi connectivity index (χ3v) is 3.54. The molecule has 1 fully saturated rings. The van der Waals surface area contributed by atoms with Gasteiger partial charge in [0.1, 0.15) is 12.7 Å². The third-order valence-electron chi connectivity index (χ3n) is 3.54. The number of benzene rings is 2. The Morgan fingerprint density at radius 1 is 1.17 bits per heavy atom. The predicted octanol–water partition coefficient (Wildman–Crippen LogP) is 2.79. The van der Waals surface area contributed by atoms with Crippen molar-refractivity contribution in [2.24, 2.45) is 0 Å². The first kappa shape index (κ1) is 16.0. The van der Waals surface area contributed by atoms with Crippen molar-refractivity contribution >= 4 is 23.9 Å². The summed E-state index contributed by atoms with van der Waals surface area (Å²) >= 11 is 0. The summed E-state index contributed by atoms with van der Waals surface area (Å²) in [6.07, 6.45) is 0.908. The summed E-state index contributed by atoms with van der Waals surface area (Å²) in [5.41, 5.74) is 3.54. The average molecular weight is 326 g/mol. The normalized spacial score (nSPS) is 15.4. The van der Waals surface area contributed by atoms with Crippen molar-refractivity contribution in [3.63, 3.8) is 0 Å². The van der Waals surface area contributed by atoms with Crippen molar-refractivity contribution in [3.8, 4) is 0 Å². The lowest BCUT2D eigenvalue weighted by Gasteiger charge is -2.09. The number of nitrogens with one attached hydrogen (secondary N) is 2. The Labute approximate surface area is 139 Å². The van der Waals surface area contributed by atoms with E-state index in [4.69, 9.17) is 9.47 Å². The van der Waals surface area contributed by atoms with Gasteiger partial charge in [0.2, 0.25) is 6.41 Å². The Hall–Kier alpha value is -2.86. The summed E-state index contributed by atoms with van der Waals surface area (Å²) in [4.78, 5) is 22.2. The van der Waals surface area contributed by atoms with Crippen LogP contribution in [0.5, 0.6) is 0 Å². The molecule has 1 saturated heterocycles. The highest BCUT2D eigenvalue weighted by Crippen LogP contribution is 2.18. The van der Waals surface area contributed by atoms with Gasteiger partial charge in [0.15, 0.2) is 0 Å². The summed E-state index contributed by atoms with van der Waals surface area (Å²) in [5, 5.41) is 5.34. The number of ether oxygens (including phenoxy) is 2. The molecule has 0 saturated carbocycles. The second-order valence-electron chi connectivity index (χ2n) is 5.52. The minimum atomic E-state index is -0.486. The van der Waals surface area contributed by atoms with E-state index in [1.807, 2.05) is 48.5 Å². The fourth-order valence-corrected chi connectivity index (χ4v) is 2.32. The molecule has 0 spiro atoms. The van der Waals surface area contributed by atoms with Crippen LogP contribution in [0.4, 0.5) is 16.2 Å². The first-order valence-corrected chi connectivity index (χ1v) is 7.66. The largest absolute Gasteiger partial charge is 0.446 e. The van der Waals surface area contributed by atoms with E-state index in [0.717, 1.165) is 16.8 Å². The molecule has 1 aliphatic rings. The summed E-state index contributed by atoms with van der Waals surface area (Å²) < 4.78 is 10.0. The predicted molar refractivity (Wildman–Crippen MR) is 90.1 cm³/mol. The van der Waals surface area contributed by atoms with Crippen molar-refractivity contribution < 1.29 is 19.1 Å². The summed E-state index contributed by atoms with van der Waals surface area (Å²) in [7, 11) is 0. The van der Waals surface area contributed by atoms with Crippen molar-refractivity contribution in [1.82, 2.24) is 0 Å². The highest BCUT2D eigenvalue weighted by Gasteiger charge is 2.24. The van der Waals surface area contributed by atoms with Crippen LogP contribution < -0.4 is 10.6 Å². The molecule has 2 amide bonds. The Morgan fingerprint density at radius 2 is 1.83 bits per heavy atom. The molecule has 24 heavy (non-hydrogen) atoms. The molecule has 2 aromatic carbocycles.